The number of aromatic nitrogens is 2. The van der Waals surface area contributed by atoms with Crippen molar-refractivity contribution in [1.82, 2.24) is 14.5 Å². The van der Waals surface area contributed by atoms with E-state index in [4.69, 9.17) is 0 Å². The molecule has 3 aromatic carbocycles. The normalized spacial score (nSPS) is 13.9. The van der Waals surface area contributed by atoms with Crippen molar-refractivity contribution in [2.45, 2.75) is 12.1 Å². The van der Waals surface area contributed by atoms with E-state index in [-0.39, 0.29) is 17.2 Å². The SMILES string of the molecule is Cc1ccc(-n2c(SCC(=O)N3CCN(c4ccccc4)CC3)nc3ccccc3c2=O)cc1F. The summed E-state index contributed by atoms with van der Waals surface area (Å²) in [6.45, 7) is 4.47. The van der Waals surface area contributed by atoms with Crippen molar-refractivity contribution in [2.24, 2.45) is 0 Å². The number of amides is 1. The first-order chi connectivity index (χ1) is 17.0. The Kier molecular flexibility index (Phi) is 6.55. The predicted octanol–water partition coefficient (Wildman–Crippen LogP) is 4.27. The highest BCUT2D eigenvalue weighted by molar-refractivity contribution is 7.99. The minimum absolute atomic E-state index is 0.00763. The second-order valence-electron chi connectivity index (χ2n) is 8.48. The van der Waals surface area contributed by atoms with Gasteiger partial charge in [0.1, 0.15) is 5.82 Å². The van der Waals surface area contributed by atoms with Crippen LogP contribution in [0.3, 0.4) is 0 Å². The minimum atomic E-state index is -0.397. The summed E-state index contributed by atoms with van der Waals surface area (Å²) < 4.78 is 15.7. The molecule has 178 valence electrons. The van der Waals surface area contributed by atoms with Crippen LogP contribution < -0.4 is 10.5 Å². The van der Waals surface area contributed by atoms with Crippen molar-refractivity contribution >= 4 is 34.3 Å². The van der Waals surface area contributed by atoms with Gasteiger partial charge in [-0.25, -0.2) is 9.37 Å². The van der Waals surface area contributed by atoms with Crippen LogP contribution in [0, 0.1) is 12.7 Å². The molecular weight excluding hydrogens is 463 g/mol. The molecular formula is C27H25FN4O2S. The van der Waals surface area contributed by atoms with Crippen molar-refractivity contribution in [2.75, 3.05) is 36.8 Å². The molecule has 0 saturated carbocycles. The molecule has 2 heterocycles. The number of carbonyl (C=O) groups excluding carboxylic acids is 1. The summed E-state index contributed by atoms with van der Waals surface area (Å²) in [5, 5.41) is 0.814. The van der Waals surface area contributed by atoms with Crippen LogP contribution in [0.4, 0.5) is 10.1 Å². The maximum Gasteiger partial charge on any atom is 0.266 e. The Morgan fingerprint density at radius 3 is 2.40 bits per heavy atom. The standard InChI is InChI=1S/C27H25FN4O2S/c1-19-11-12-21(17-23(19)28)32-26(34)22-9-5-6-10-24(22)29-27(32)35-18-25(33)31-15-13-30(14-16-31)20-7-3-2-4-8-20/h2-12,17H,13-16,18H2,1H3. The lowest BCUT2D eigenvalue weighted by atomic mass is 10.2. The van der Waals surface area contributed by atoms with E-state index in [0.717, 1.165) is 18.8 Å². The lowest BCUT2D eigenvalue weighted by Gasteiger charge is -2.36. The number of anilines is 1. The van der Waals surface area contributed by atoms with Crippen LogP contribution in [-0.4, -0.2) is 52.3 Å². The average molecular weight is 489 g/mol. The summed E-state index contributed by atoms with van der Waals surface area (Å²) in [6, 6.07) is 21.9. The average Bonchev–Trinajstić information content (AvgIpc) is 2.90. The fraction of sp³-hybridized carbons (Fsp3) is 0.222. The summed E-state index contributed by atoms with van der Waals surface area (Å²) in [4.78, 5) is 35.1. The number of hydrogen-bond acceptors (Lipinski definition) is 5. The predicted molar refractivity (Wildman–Crippen MR) is 138 cm³/mol. The van der Waals surface area contributed by atoms with E-state index in [0.29, 0.717) is 40.4 Å². The Morgan fingerprint density at radius 2 is 1.66 bits per heavy atom. The van der Waals surface area contributed by atoms with Gasteiger partial charge >= 0.3 is 0 Å². The number of nitrogens with zero attached hydrogens (tertiary/aromatic N) is 4. The molecule has 0 spiro atoms. The van der Waals surface area contributed by atoms with Crippen LogP contribution in [0.25, 0.3) is 16.6 Å². The minimum Gasteiger partial charge on any atom is -0.368 e. The van der Waals surface area contributed by atoms with Crippen molar-refractivity contribution in [3.05, 3.63) is 94.5 Å². The molecule has 6 nitrogen and oxygen atoms in total. The molecule has 0 aliphatic carbocycles. The third-order valence-corrected chi connectivity index (χ3v) is 7.16. The molecule has 1 fully saturated rings. The van der Waals surface area contributed by atoms with Crippen LogP contribution in [0.2, 0.25) is 0 Å². The zero-order chi connectivity index (χ0) is 24.4. The fourth-order valence-electron chi connectivity index (χ4n) is 4.23. The Hall–Kier alpha value is -3.65. The first-order valence-corrected chi connectivity index (χ1v) is 12.5. The molecule has 4 aromatic rings. The van der Waals surface area contributed by atoms with E-state index in [1.54, 1.807) is 37.3 Å². The number of para-hydroxylation sites is 2. The molecule has 0 unspecified atom stereocenters. The monoisotopic (exact) mass is 488 g/mol. The van der Waals surface area contributed by atoms with Gasteiger partial charge in [0, 0.05) is 31.9 Å². The lowest BCUT2D eigenvalue weighted by Crippen LogP contribution is -2.49. The molecule has 1 aliphatic rings. The van der Waals surface area contributed by atoms with E-state index < -0.39 is 5.82 Å². The zero-order valence-corrected chi connectivity index (χ0v) is 20.2. The molecule has 35 heavy (non-hydrogen) atoms. The maximum atomic E-state index is 14.3. The summed E-state index contributed by atoms with van der Waals surface area (Å²) >= 11 is 1.20. The third-order valence-electron chi connectivity index (χ3n) is 6.24. The number of rotatable bonds is 5. The van der Waals surface area contributed by atoms with Gasteiger partial charge < -0.3 is 9.80 Å². The quantitative estimate of drug-likeness (QED) is 0.310. The second kappa shape index (κ2) is 9.92. The van der Waals surface area contributed by atoms with Crippen molar-refractivity contribution in [3.63, 3.8) is 0 Å². The van der Waals surface area contributed by atoms with Gasteiger partial charge in [-0.15, -0.1) is 0 Å². The summed E-state index contributed by atoms with van der Waals surface area (Å²) in [6.07, 6.45) is 0. The van der Waals surface area contributed by atoms with E-state index in [9.17, 15) is 14.0 Å². The number of halogens is 1. The maximum absolute atomic E-state index is 14.3. The second-order valence-corrected chi connectivity index (χ2v) is 9.42. The van der Waals surface area contributed by atoms with Crippen LogP contribution in [0.1, 0.15) is 5.56 Å². The Bertz CT molecular complexity index is 1430. The van der Waals surface area contributed by atoms with Gasteiger partial charge in [-0.2, -0.15) is 0 Å². The smallest absolute Gasteiger partial charge is 0.266 e. The topological polar surface area (TPSA) is 58.4 Å². The highest BCUT2D eigenvalue weighted by Gasteiger charge is 2.22. The number of piperazine rings is 1. The highest BCUT2D eigenvalue weighted by atomic mass is 32.2. The lowest BCUT2D eigenvalue weighted by molar-refractivity contribution is -0.128. The number of fused-ring (bicyclic) bond motifs is 1. The van der Waals surface area contributed by atoms with Crippen LogP contribution in [0.15, 0.2) is 82.7 Å². The van der Waals surface area contributed by atoms with Crippen LogP contribution >= 0.6 is 11.8 Å². The Balaban J connectivity index is 1.36. The third kappa shape index (κ3) is 4.79. The molecule has 0 N–H and O–H groups in total. The van der Waals surface area contributed by atoms with Crippen molar-refractivity contribution < 1.29 is 9.18 Å². The van der Waals surface area contributed by atoms with Crippen LogP contribution in [-0.2, 0) is 4.79 Å². The molecule has 8 heteroatoms. The Labute approximate surface area is 207 Å². The summed E-state index contributed by atoms with van der Waals surface area (Å²) in [5.74, 6) is -0.262. The van der Waals surface area contributed by atoms with Gasteiger partial charge in [0.25, 0.3) is 5.56 Å². The van der Waals surface area contributed by atoms with Gasteiger partial charge in [0.15, 0.2) is 5.16 Å². The van der Waals surface area contributed by atoms with Crippen LogP contribution in [0.5, 0.6) is 0 Å². The van der Waals surface area contributed by atoms with Gasteiger partial charge in [0.05, 0.1) is 22.3 Å². The molecule has 0 bridgehead atoms. The number of benzene rings is 3. The summed E-state index contributed by atoms with van der Waals surface area (Å²) in [7, 11) is 0. The molecule has 0 radical (unpaired) electrons. The number of aryl methyl sites for hydroxylation is 1. The molecule has 5 rings (SSSR count). The van der Waals surface area contributed by atoms with Crippen molar-refractivity contribution in [1.29, 1.82) is 0 Å². The van der Waals surface area contributed by atoms with Gasteiger partial charge in [-0.1, -0.05) is 48.2 Å². The first kappa shape index (κ1) is 23.1. The zero-order valence-electron chi connectivity index (χ0n) is 19.4. The largest absolute Gasteiger partial charge is 0.368 e. The Morgan fingerprint density at radius 1 is 0.943 bits per heavy atom. The van der Waals surface area contributed by atoms with Gasteiger partial charge in [0.2, 0.25) is 5.91 Å². The van der Waals surface area contributed by atoms with Crippen molar-refractivity contribution in [3.8, 4) is 5.69 Å². The van der Waals surface area contributed by atoms with E-state index in [1.165, 1.54) is 22.4 Å². The first-order valence-electron chi connectivity index (χ1n) is 11.5. The molecule has 1 aromatic heterocycles. The van der Waals surface area contributed by atoms with E-state index in [1.807, 2.05) is 29.2 Å². The summed E-state index contributed by atoms with van der Waals surface area (Å²) in [5.41, 5.74) is 2.30. The molecule has 0 atom stereocenters. The molecule has 1 saturated heterocycles. The number of thioether (sulfide) groups is 1. The molecule has 1 aliphatic heterocycles. The van der Waals surface area contributed by atoms with Gasteiger partial charge in [-0.05, 0) is 48.9 Å². The molecule has 1 amide bonds. The van der Waals surface area contributed by atoms with E-state index in [2.05, 4.69) is 22.0 Å². The fourth-order valence-corrected chi connectivity index (χ4v) is 5.14. The van der Waals surface area contributed by atoms with E-state index >= 15 is 0 Å². The van der Waals surface area contributed by atoms with Gasteiger partial charge in [-0.3, -0.25) is 14.2 Å². The number of carbonyl (C=O) groups is 1. The highest BCUT2D eigenvalue weighted by Crippen LogP contribution is 2.23. The number of hydrogen-bond donors (Lipinski definition) is 0.